The van der Waals surface area contributed by atoms with Crippen LogP contribution in [0.25, 0.3) is 11.4 Å². The zero-order chi connectivity index (χ0) is 19.3. The third-order valence-corrected chi connectivity index (χ3v) is 6.57. The van der Waals surface area contributed by atoms with Crippen LogP contribution in [0, 0.1) is 0 Å². The van der Waals surface area contributed by atoms with E-state index in [1.54, 1.807) is 18.0 Å². The van der Waals surface area contributed by atoms with Crippen molar-refractivity contribution in [3.05, 3.63) is 53.4 Å². The van der Waals surface area contributed by atoms with Gasteiger partial charge in [-0.05, 0) is 69.3 Å². The Morgan fingerprint density at radius 1 is 1.18 bits per heavy atom. The van der Waals surface area contributed by atoms with Gasteiger partial charge in [-0.25, -0.2) is 0 Å². The summed E-state index contributed by atoms with van der Waals surface area (Å²) in [5.41, 5.74) is 1.00. The molecule has 1 fully saturated rings. The minimum atomic E-state index is 0.615. The molecule has 1 saturated heterocycles. The van der Waals surface area contributed by atoms with E-state index in [9.17, 15) is 0 Å². The molecule has 5 nitrogen and oxygen atoms in total. The largest absolute Gasteiger partial charge is 0.467 e. The van der Waals surface area contributed by atoms with Crippen LogP contribution in [0.15, 0.2) is 52.2 Å². The van der Waals surface area contributed by atoms with Gasteiger partial charge in [0.05, 0.1) is 12.8 Å². The maximum absolute atomic E-state index is 6.05. The Morgan fingerprint density at radius 2 is 2.04 bits per heavy atom. The van der Waals surface area contributed by atoms with Gasteiger partial charge in [-0.2, -0.15) is 0 Å². The molecule has 1 aliphatic rings. The molecule has 2 aromatic heterocycles. The van der Waals surface area contributed by atoms with Gasteiger partial charge in [0.15, 0.2) is 11.0 Å². The van der Waals surface area contributed by atoms with E-state index in [2.05, 4.69) is 26.7 Å². The number of benzene rings is 1. The number of thioether (sulfide) groups is 1. The minimum absolute atomic E-state index is 0.615. The number of piperidine rings is 1. The molecule has 1 aromatic carbocycles. The average Bonchev–Trinajstić information content (AvgIpc) is 3.35. The summed E-state index contributed by atoms with van der Waals surface area (Å²) in [6.45, 7) is 1.83. The Labute approximate surface area is 175 Å². The fourth-order valence-electron chi connectivity index (χ4n) is 3.70. The van der Waals surface area contributed by atoms with Crippen LogP contribution in [0.1, 0.15) is 31.4 Å². The molecule has 0 aliphatic carbocycles. The van der Waals surface area contributed by atoms with Crippen molar-refractivity contribution in [2.24, 2.45) is 0 Å². The summed E-state index contributed by atoms with van der Waals surface area (Å²) in [5.74, 6) is 2.76. The number of aromatic nitrogens is 3. The second-order valence-corrected chi connectivity index (χ2v) is 8.74. The Kier molecular flexibility index (Phi) is 6.40. The van der Waals surface area contributed by atoms with Crippen molar-refractivity contribution in [2.75, 3.05) is 19.3 Å². The topological polar surface area (TPSA) is 47.1 Å². The van der Waals surface area contributed by atoms with Gasteiger partial charge in [0, 0.05) is 22.4 Å². The van der Waals surface area contributed by atoms with Crippen molar-refractivity contribution in [3.8, 4) is 11.4 Å². The highest BCUT2D eigenvalue weighted by Crippen LogP contribution is 2.28. The van der Waals surface area contributed by atoms with E-state index < -0.39 is 0 Å². The van der Waals surface area contributed by atoms with Crippen LogP contribution in [0.2, 0.25) is 5.02 Å². The molecule has 3 heterocycles. The van der Waals surface area contributed by atoms with Gasteiger partial charge in [0.1, 0.15) is 5.76 Å². The van der Waals surface area contributed by atoms with Crippen LogP contribution in [0.3, 0.4) is 0 Å². The monoisotopic (exact) mass is 416 g/mol. The second-order valence-electron chi connectivity index (χ2n) is 7.25. The molecule has 148 valence electrons. The quantitative estimate of drug-likeness (QED) is 0.495. The minimum Gasteiger partial charge on any atom is -0.467 e. The SMILES string of the molecule is CN1CCCCC1CCSc1nnc(-c2ccc(Cl)cc2)n1Cc1ccco1. The van der Waals surface area contributed by atoms with Gasteiger partial charge in [-0.15, -0.1) is 10.2 Å². The normalized spacial score (nSPS) is 17.9. The summed E-state index contributed by atoms with van der Waals surface area (Å²) >= 11 is 7.83. The molecule has 3 aromatic rings. The molecule has 4 rings (SSSR count). The molecule has 1 unspecified atom stereocenters. The molecule has 0 spiro atoms. The lowest BCUT2D eigenvalue weighted by Crippen LogP contribution is -2.36. The maximum Gasteiger partial charge on any atom is 0.191 e. The standard InChI is InChI=1S/C21H25ClN4OS/c1-25-12-3-2-5-18(25)11-14-28-21-24-23-20(16-7-9-17(22)10-8-16)26(21)15-19-6-4-13-27-19/h4,6-10,13,18H,2-3,5,11-12,14-15H2,1H3. The number of nitrogens with zero attached hydrogens (tertiary/aromatic N) is 4. The molecule has 28 heavy (non-hydrogen) atoms. The number of halogens is 1. The first kappa shape index (κ1) is 19.6. The van der Waals surface area contributed by atoms with Gasteiger partial charge < -0.3 is 9.32 Å². The fourth-order valence-corrected chi connectivity index (χ4v) is 4.81. The Hall–Kier alpha value is -1.76. The lowest BCUT2D eigenvalue weighted by Gasteiger charge is -2.32. The summed E-state index contributed by atoms with van der Waals surface area (Å²) in [6.07, 6.45) is 6.84. The van der Waals surface area contributed by atoms with Crippen LogP contribution >= 0.6 is 23.4 Å². The van der Waals surface area contributed by atoms with E-state index >= 15 is 0 Å². The number of hydrogen-bond acceptors (Lipinski definition) is 5. The van der Waals surface area contributed by atoms with Crippen LogP contribution in [0.5, 0.6) is 0 Å². The van der Waals surface area contributed by atoms with E-state index in [1.165, 1.54) is 32.2 Å². The van der Waals surface area contributed by atoms with Crippen molar-refractivity contribution in [2.45, 2.75) is 43.4 Å². The van der Waals surface area contributed by atoms with Gasteiger partial charge >= 0.3 is 0 Å². The lowest BCUT2D eigenvalue weighted by atomic mass is 10.0. The third kappa shape index (κ3) is 4.62. The predicted octanol–water partition coefficient (Wildman–Crippen LogP) is 5.21. The summed E-state index contributed by atoms with van der Waals surface area (Å²) in [5, 5.41) is 10.6. The Balaban J connectivity index is 1.51. The van der Waals surface area contributed by atoms with Gasteiger partial charge in [-0.1, -0.05) is 29.8 Å². The molecule has 0 N–H and O–H groups in total. The van der Waals surface area contributed by atoms with Crippen LogP contribution in [-0.2, 0) is 6.54 Å². The average molecular weight is 417 g/mol. The van der Waals surface area contributed by atoms with Crippen LogP contribution < -0.4 is 0 Å². The van der Waals surface area contributed by atoms with Crippen LogP contribution in [-0.4, -0.2) is 45.1 Å². The fraction of sp³-hybridized carbons (Fsp3) is 0.429. The highest BCUT2D eigenvalue weighted by atomic mass is 35.5. The van der Waals surface area contributed by atoms with E-state index in [0.717, 1.165) is 28.1 Å². The van der Waals surface area contributed by atoms with Gasteiger partial charge in [-0.3, -0.25) is 4.57 Å². The summed E-state index contributed by atoms with van der Waals surface area (Å²) in [6, 6.07) is 12.3. The van der Waals surface area contributed by atoms with Crippen molar-refractivity contribution in [1.29, 1.82) is 0 Å². The van der Waals surface area contributed by atoms with E-state index in [0.29, 0.717) is 17.6 Å². The summed E-state index contributed by atoms with van der Waals surface area (Å²) < 4.78 is 7.71. The smallest absolute Gasteiger partial charge is 0.191 e. The first-order valence-electron chi connectivity index (χ1n) is 9.75. The molecule has 0 amide bonds. The Morgan fingerprint density at radius 3 is 2.79 bits per heavy atom. The zero-order valence-electron chi connectivity index (χ0n) is 16.1. The molecule has 7 heteroatoms. The number of hydrogen-bond donors (Lipinski definition) is 0. The van der Waals surface area contributed by atoms with Crippen molar-refractivity contribution < 1.29 is 4.42 Å². The molecule has 1 atom stereocenters. The highest BCUT2D eigenvalue weighted by Gasteiger charge is 2.20. The van der Waals surface area contributed by atoms with E-state index in [4.69, 9.17) is 16.0 Å². The van der Waals surface area contributed by atoms with Crippen molar-refractivity contribution in [3.63, 3.8) is 0 Å². The summed E-state index contributed by atoms with van der Waals surface area (Å²) in [7, 11) is 2.24. The third-order valence-electron chi connectivity index (χ3n) is 5.32. The van der Waals surface area contributed by atoms with Crippen molar-refractivity contribution >= 4 is 23.4 Å². The van der Waals surface area contributed by atoms with E-state index in [-0.39, 0.29) is 0 Å². The van der Waals surface area contributed by atoms with Crippen LogP contribution in [0.4, 0.5) is 0 Å². The van der Waals surface area contributed by atoms with Gasteiger partial charge in [0.25, 0.3) is 0 Å². The number of rotatable bonds is 7. The zero-order valence-corrected chi connectivity index (χ0v) is 17.6. The summed E-state index contributed by atoms with van der Waals surface area (Å²) in [4.78, 5) is 2.50. The second kappa shape index (κ2) is 9.16. The van der Waals surface area contributed by atoms with Crippen molar-refractivity contribution in [1.82, 2.24) is 19.7 Å². The Bertz CT molecular complexity index is 878. The first-order valence-corrected chi connectivity index (χ1v) is 11.1. The molecular formula is C21H25ClN4OS. The lowest BCUT2D eigenvalue weighted by molar-refractivity contribution is 0.182. The molecule has 0 radical (unpaired) electrons. The molecule has 1 aliphatic heterocycles. The number of likely N-dealkylation sites (tertiary alicyclic amines) is 1. The van der Waals surface area contributed by atoms with Gasteiger partial charge in [0.2, 0.25) is 0 Å². The molecular weight excluding hydrogens is 392 g/mol. The maximum atomic E-state index is 6.05. The van der Waals surface area contributed by atoms with E-state index in [1.807, 2.05) is 36.4 Å². The molecule has 0 saturated carbocycles. The highest BCUT2D eigenvalue weighted by molar-refractivity contribution is 7.99. The molecule has 0 bridgehead atoms. The number of furan rings is 1. The first-order chi connectivity index (χ1) is 13.7. The predicted molar refractivity (Wildman–Crippen MR) is 114 cm³/mol.